The van der Waals surface area contributed by atoms with E-state index in [0.29, 0.717) is 4.88 Å². The average Bonchev–Trinajstić information content (AvgIpc) is 3.03. The lowest BCUT2D eigenvalue weighted by atomic mass is 10.0. The van der Waals surface area contributed by atoms with Gasteiger partial charge in [0, 0.05) is 12.4 Å². The molecule has 0 aliphatic carbocycles. The first-order chi connectivity index (χ1) is 9.50. The van der Waals surface area contributed by atoms with E-state index in [1.165, 1.54) is 11.3 Å². The van der Waals surface area contributed by atoms with Crippen molar-refractivity contribution in [1.82, 2.24) is 9.88 Å². The van der Waals surface area contributed by atoms with E-state index in [9.17, 15) is 9.59 Å². The number of carbonyl (C=O) groups is 2. The van der Waals surface area contributed by atoms with E-state index in [1.807, 2.05) is 40.5 Å². The summed E-state index contributed by atoms with van der Waals surface area (Å²) in [7, 11) is 0. The molecule has 1 atom stereocenters. The van der Waals surface area contributed by atoms with Gasteiger partial charge in [0.15, 0.2) is 0 Å². The topological polar surface area (TPSA) is 71.3 Å². The number of nitrogens with one attached hydrogen (secondary N) is 1. The molecule has 0 radical (unpaired) electrons. The molecule has 2 N–H and O–H groups in total. The fourth-order valence-electron chi connectivity index (χ4n) is 1.89. The largest absolute Gasteiger partial charge is 0.480 e. The zero-order valence-electron chi connectivity index (χ0n) is 11.2. The van der Waals surface area contributed by atoms with Crippen LogP contribution < -0.4 is 5.32 Å². The van der Waals surface area contributed by atoms with Gasteiger partial charge in [-0.25, -0.2) is 4.79 Å². The second kappa shape index (κ2) is 5.92. The second-order valence-electron chi connectivity index (χ2n) is 4.76. The number of amides is 1. The minimum absolute atomic E-state index is 0.175. The van der Waals surface area contributed by atoms with Crippen LogP contribution in [0.2, 0.25) is 0 Å². The van der Waals surface area contributed by atoms with Crippen LogP contribution >= 0.6 is 11.3 Å². The molecule has 0 spiro atoms. The molecule has 0 fully saturated rings. The normalized spacial score (nSPS) is 12.3. The third-order valence-electron chi connectivity index (χ3n) is 2.95. The third-order valence-corrected chi connectivity index (χ3v) is 3.86. The van der Waals surface area contributed by atoms with Crippen molar-refractivity contribution in [2.45, 2.75) is 19.9 Å². The van der Waals surface area contributed by atoms with Gasteiger partial charge < -0.3 is 15.0 Å². The van der Waals surface area contributed by atoms with Gasteiger partial charge in [-0.2, -0.15) is 0 Å². The molecule has 6 heteroatoms. The average molecular weight is 292 g/mol. The van der Waals surface area contributed by atoms with Gasteiger partial charge in [-0.1, -0.05) is 13.8 Å². The molecule has 0 saturated carbocycles. The molecular weight excluding hydrogens is 276 g/mol. The van der Waals surface area contributed by atoms with Crippen molar-refractivity contribution in [1.29, 1.82) is 0 Å². The Kier molecular flexibility index (Phi) is 4.24. The summed E-state index contributed by atoms with van der Waals surface area (Å²) in [6, 6.07) is 4.69. The minimum atomic E-state index is -1.02. The molecule has 106 valence electrons. The van der Waals surface area contributed by atoms with Crippen LogP contribution in [0.25, 0.3) is 5.69 Å². The number of nitrogens with zero attached hydrogens (tertiary/aromatic N) is 1. The molecule has 0 aliphatic rings. The molecule has 0 aromatic carbocycles. The van der Waals surface area contributed by atoms with E-state index in [0.717, 1.165) is 5.69 Å². The lowest BCUT2D eigenvalue weighted by Gasteiger charge is -2.17. The Morgan fingerprint density at radius 3 is 2.50 bits per heavy atom. The Morgan fingerprint density at radius 1 is 1.30 bits per heavy atom. The smallest absolute Gasteiger partial charge is 0.326 e. The van der Waals surface area contributed by atoms with Gasteiger partial charge in [0.05, 0.1) is 5.69 Å². The van der Waals surface area contributed by atoms with Gasteiger partial charge in [0.1, 0.15) is 10.9 Å². The Balaban J connectivity index is 2.22. The predicted molar refractivity (Wildman–Crippen MR) is 77.4 cm³/mol. The van der Waals surface area contributed by atoms with Crippen LogP contribution in [-0.4, -0.2) is 27.6 Å². The summed E-state index contributed by atoms with van der Waals surface area (Å²) in [5.41, 5.74) is 0.755. The zero-order valence-corrected chi connectivity index (χ0v) is 12.1. The maximum atomic E-state index is 12.3. The first-order valence-electron chi connectivity index (χ1n) is 6.25. The SMILES string of the molecule is CC(C)[C@H](NC(=O)c1sccc1-n1cccc1)C(=O)O. The molecule has 2 heterocycles. The van der Waals surface area contributed by atoms with Crippen LogP contribution in [-0.2, 0) is 4.79 Å². The molecule has 0 aliphatic heterocycles. The number of aliphatic carboxylic acids is 1. The monoisotopic (exact) mass is 292 g/mol. The number of carboxylic acids is 1. The van der Waals surface area contributed by atoms with Crippen molar-refractivity contribution in [2.24, 2.45) is 5.92 Å². The summed E-state index contributed by atoms with van der Waals surface area (Å²) >= 11 is 1.30. The van der Waals surface area contributed by atoms with E-state index in [1.54, 1.807) is 13.8 Å². The fourth-order valence-corrected chi connectivity index (χ4v) is 2.68. The summed E-state index contributed by atoms with van der Waals surface area (Å²) in [5, 5.41) is 13.5. The van der Waals surface area contributed by atoms with Crippen LogP contribution in [0.4, 0.5) is 0 Å². The highest BCUT2D eigenvalue weighted by Gasteiger charge is 2.25. The highest BCUT2D eigenvalue weighted by molar-refractivity contribution is 7.12. The van der Waals surface area contributed by atoms with Crippen molar-refractivity contribution in [3.63, 3.8) is 0 Å². The zero-order chi connectivity index (χ0) is 14.7. The summed E-state index contributed by atoms with van der Waals surface area (Å²) in [6.07, 6.45) is 3.69. The van der Waals surface area contributed by atoms with Crippen molar-refractivity contribution < 1.29 is 14.7 Å². The van der Waals surface area contributed by atoms with E-state index in [2.05, 4.69) is 5.32 Å². The van der Waals surface area contributed by atoms with E-state index >= 15 is 0 Å². The maximum absolute atomic E-state index is 12.3. The number of carbonyl (C=O) groups excluding carboxylic acids is 1. The summed E-state index contributed by atoms with van der Waals surface area (Å²) in [4.78, 5) is 23.9. The third kappa shape index (κ3) is 2.91. The van der Waals surface area contributed by atoms with Crippen LogP contribution in [0.1, 0.15) is 23.5 Å². The predicted octanol–water partition coefficient (Wildman–Crippen LogP) is 2.38. The minimum Gasteiger partial charge on any atom is -0.480 e. The highest BCUT2D eigenvalue weighted by Crippen LogP contribution is 2.21. The van der Waals surface area contributed by atoms with Gasteiger partial charge in [-0.15, -0.1) is 11.3 Å². The summed E-state index contributed by atoms with van der Waals surface area (Å²) in [5.74, 6) is -1.55. The number of thiophene rings is 1. The summed E-state index contributed by atoms with van der Waals surface area (Å²) < 4.78 is 1.83. The molecular formula is C14H16N2O3S. The standard InChI is InChI=1S/C14H16N2O3S/c1-9(2)11(14(18)19)15-13(17)12-10(5-8-20-12)16-6-3-4-7-16/h3-9,11H,1-2H3,(H,15,17)(H,18,19)/t11-/m0/s1. The van der Waals surface area contributed by atoms with Crippen molar-refractivity contribution in [3.8, 4) is 5.69 Å². The number of rotatable bonds is 5. The molecule has 20 heavy (non-hydrogen) atoms. The molecule has 0 saturated heterocycles. The van der Waals surface area contributed by atoms with Gasteiger partial charge in [-0.3, -0.25) is 4.79 Å². The van der Waals surface area contributed by atoms with Crippen molar-refractivity contribution in [3.05, 3.63) is 40.8 Å². The molecule has 2 rings (SSSR count). The maximum Gasteiger partial charge on any atom is 0.326 e. The van der Waals surface area contributed by atoms with Crippen LogP contribution in [0.15, 0.2) is 36.0 Å². The van der Waals surface area contributed by atoms with Gasteiger partial charge >= 0.3 is 5.97 Å². The van der Waals surface area contributed by atoms with E-state index < -0.39 is 12.0 Å². The molecule has 2 aromatic rings. The number of hydrogen-bond donors (Lipinski definition) is 2. The van der Waals surface area contributed by atoms with Gasteiger partial charge in [0.2, 0.25) is 0 Å². The van der Waals surface area contributed by atoms with Crippen LogP contribution in [0.5, 0.6) is 0 Å². The van der Waals surface area contributed by atoms with E-state index in [-0.39, 0.29) is 11.8 Å². The lowest BCUT2D eigenvalue weighted by molar-refractivity contribution is -0.140. The number of hydrogen-bond acceptors (Lipinski definition) is 3. The highest BCUT2D eigenvalue weighted by atomic mass is 32.1. The lowest BCUT2D eigenvalue weighted by Crippen LogP contribution is -2.44. The Hall–Kier alpha value is -2.08. The van der Waals surface area contributed by atoms with Gasteiger partial charge in [-0.05, 0) is 29.5 Å². The molecule has 1 amide bonds. The molecule has 2 aromatic heterocycles. The number of aromatic nitrogens is 1. The molecule has 0 bridgehead atoms. The number of carboxylic acid groups (broad SMARTS) is 1. The molecule has 5 nitrogen and oxygen atoms in total. The fraction of sp³-hybridized carbons (Fsp3) is 0.286. The Morgan fingerprint density at radius 2 is 1.95 bits per heavy atom. The first-order valence-corrected chi connectivity index (χ1v) is 7.13. The summed E-state index contributed by atoms with van der Waals surface area (Å²) in [6.45, 7) is 3.53. The quantitative estimate of drug-likeness (QED) is 0.888. The van der Waals surface area contributed by atoms with E-state index in [4.69, 9.17) is 5.11 Å². The van der Waals surface area contributed by atoms with Crippen molar-refractivity contribution in [2.75, 3.05) is 0 Å². The first kappa shape index (κ1) is 14.3. The van der Waals surface area contributed by atoms with Crippen LogP contribution in [0.3, 0.4) is 0 Å². The second-order valence-corrected chi connectivity index (χ2v) is 5.67. The van der Waals surface area contributed by atoms with Crippen LogP contribution in [0, 0.1) is 5.92 Å². The van der Waals surface area contributed by atoms with Crippen molar-refractivity contribution >= 4 is 23.2 Å². The Bertz CT molecular complexity index is 602. The van der Waals surface area contributed by atoms with Gasteiger partial charge in [0.25, 0.3) is 5.91 Å². The molecule has 0 unspecified atom stereocenters. The Labute approximate surface area is 120 Å².